The molecule has 0 aromatic heterocycles. The average Bonchev–Trinajstić information content (AvgIpc) is 0.784. The lowest BCUT2D eigenvalue weighted by Gasteiger charge is -2.23. The molecule has 0 unspecified atom stereocenters. The third-order valence-electron chi connectivity index (χ3n) is 19.8. The van der Waals surface area contributed by atoms with Crippen LogP contribution in [-0.4, -0.2) is 35.7 Å². The fourth-order valence-corrected chi connectivity index (χ4v) is 14.8. The van der Waals surface area contributed by atoms with Gasteiger partial charge in [0.2, 0.25) is 0 Å². The SMILES string of the molecule is Oc1cc2c(OCc3ccccc3)c(c1)Cc1cc(O)cc(c1OCc1ccccc1)Cc1cc(O)cc(c1OCc1ccccc1)Cc1cc(O)cc(c1OCc1ccccc1)Cc1cc(O)cc(c1OCc1ccccc1)Cc1cc(O)cc(c1OCc1ccccc1)Cc1cc(O)cc(c1OCc1ccccc1)C2. The van der Waals surface area contributed by atoms with Crippen LogP contribution in [0, 0.1) is 0 Å². The van der Waals surface area contributed by atoms with Crippen LogP contribution in [0.4, 0.5) is 0 Å². The third kappa shape index (κ3) is 18.5. The van der Waals surface area contributed by atoms with Gasteiger partial charge in [0.1, 0.15) is 127 Å². The number of phenols is 7. The van der Waals surface area contributed by atoms with Crippen molar-refractivity contribution in [3.8, 4) is 80.5 Å². The quantitative estimate of drug-likeness (QED) is 0.0358. The topological polar surface area (TPSA) is 206 Å². The molecule has 14 bridgehead atoms. The molecule has 0 fully saturated rings. The Hall–Kier alpha value is -13.7. The Morgan fingerprint density at radius 1 is 0.152 bits per heavy atom. The van der Waals surface area contributed by atoms with Crippen molar-refractivity contribution in [1.29, 1.82) is 0 Å². The second-order valence-electron chi connectivity index (χ2n) is 28.3. The maximum Gasteiger partial charge on any atom is 0.127 e. The standard InChI is InChI=1S/C98H84O14/c99-85-43-71-36-73-45-86(100)47-75(93(73)107-58-65-24-10-2-11-25-65)38-77-49-88(102)51-79(95(77)109-60-67-28-14-4-15-29-67)40-81-53-90(104)55-83(97(81)111-62-69-32-18-6-19-33-69)42-84-56-91(105)54-82(98(84)112-63-70-34-20-7-21-35-70)41-80-52-89(103)50-78(96(80)110-61-68-30-16-5-17-31-68)39-76-48-87(101)46-74(94(76)108-59-66-26-12-3-13-27-66)37-72(44-85)92(71)106-57-64-22-8-1-9-23-64/h1-35,43-56,99-105H,36-42,57-63H2. The second-order valence-corrected chi connectivity index (χ2v) is 28.3. The van der Waals surface area contributed by atoms with Crippen LogP contribution in [0.25, 0.3) is 0 Å². The van der Waals surface area contributed by atoms with Gasteiger partial charge >= 0.3 is 0 Å². The van der Waals surface area contributed by atoms with Gasteiger partial charge in [-0.25, -0.2) is 0 Å². The van der Waals surface area contributed by atoms with E-state index in [0.29, 0.717) is 118 Å². The summed E-state index contributed by atoms with van der Waals surface area (Å²) in [6, 6.07) is 91.4. The van der Waals surface area contributed by atoms with Crippen LogP contribution in [0.1, 0.15) is 117 Å². The summed E-state index contributed by atoms with van der Waals surface area (Å²) in [5, 5.41) is 85.8. The van der Waals surface area contributed by atoms with E-state index in [1.165, 1.54) is 0 Å². The molecular formula is C98H84O14. The number of benzene rings is 14. The number of hydrogen-bond acceptors (Lipinski definition) is 14. The van der Waals surface area contributed by atoms with Crippen molar-refractivity contribution in [2.75, 3.05) is 0 Å². The van der Waals surface area contributed by atoms with Gasteiger partial charge in [0.05, 0.1) is 0 Å². The molecule has 14 heteroatoms. The van der Waals surface area contributed by atoms with E-state index in [9.17, 15) is 35.7 Å². The Balaban J connectivity index is 0.978. The molecule has 112 heavy (non-hydrogen) atoms. The maximum atomic E-state index is 12.3. The molecule has 0 amide bonds. The fraction of sp³-hybridized carbons (Fsp3) is 0.143. The summed E-state index contributed by atoms with van der Waals surface area (Å²) in [5.41, 5.74) is 13.6. The minimum absolute atomic E-state index is 0.0450. The Morgan fingerprint density at radius 2 is 0.250 bits per heavy atom. The molecule has 560 valence electrons. The lowest BCUT2D eigenvalue weighted by atomic mass is 9.90. The number of rotatable bonds is 21. The molecule has 7 N–H and O–H groups in total. The molecule has 0 heterocycles. The normalized spacial score (nSPS) is 12.0. The molecule has 14 aromatic carbocycles. The summed E-state index contributed by atoms with van der Waals surface area (Å²) >= 11 is 0. The maximum absolute atomic E-state index is 12.3. The first-order valence-corrected chi connectivity index (χ1v) is 37.4. The van der Waals surface area contributed by atoms with Crippen molar-refractivity contribution >= 4 is 0 Å². The molecule has 0 radical (unpaired) electrons. The largest absolute Gasteiger partial charge is 0.508 e. The molecule has 1 aliphatic rings. The second kappa shape index (κ2) is 34.7. The van der Waals surface area contributed by atoms with Crippen molar-refractivity contribution in [2.45, 2.75) is 91.2 Å². The highest BCUT2D eigenvalue weighted by Crippen LogP contribution is 2.47. The van der Waals surface area contributed by atoms with Crippen LogP contribution >= 0.6 is 0 Å². The lowest BCUT2D eigenvalue weighted by Crippen LogP contribution is -2.09. The minimum atomic E-state index is -0.0871. The first kappa shape index (κ1) is 73.8. The predicted molar refractivity (Wildman–Crippen MR) is 432 cm³/mol. The van der Waals surface area contributed by atoms with Crippen molar-refractivity contribution in [2.24, 2.45) is 0 Å². The van der Waals surface area contributed by atoms with E-state index in [4.69, 9.17) is 33.2 Å². The molecule has 15 rings (SSSR count). The summed E-state index contributed by atoms with van der Waals surface area (Å²) < 4.78 is 49.5. The van der Waals surface area contributed by atoms with Crippen LogP contribution in [0.15, 0.2) is 297 Å². The van der Waals surface area contributed by atoms with Gasteiger partial charge < -0.3 is 68.9 Å². The summed E-state index contributed by atoms with van der Waals surface area (Å²) in [6.07, 6.45) is 0.315. The van der Waals surface area contributed by atoms with Gasteiger partial charge in [0.15, 0.2) is 0 Å². The van der Waals surface area contributed by atoms with E-state index in [1.807, 2.05) is 212 Å². The average molecular weight is 1490 g/mol. The molecule has 14 nitrogen and oxygen atoms in total. The predicted octanol–water partition coefficient (Wildman–Crippen LogP) is 20.1. The van der Waals surface area contributed by atoms with Gasteiger partial charge in [-0.15, -0.1) is 0 Å². The number of ether oxygens (including phenoxy) is 7. The smallest absolute Gasteiger partial charge is 0.127 e. The Bertz CT molecular complexity index is 4430. The van der Waals surface area contributed by atoms with Crippen molar-refractivity contribution < 1.29 is 68.9 Å². The molecule has 0 saturated heterocycles. The monoisotopic (exact) mass is 1480 g/mol. The molecule has 0 atom stereocenters. The molecule has 0 spiro atoms. The van der Waals surface area contributed by atoms with Crippen molar-refractivity contribution in [1.82, 2.24) is 0 Å². The highest BCUT2D eigenvalue weighted by molar-refractivity contribution is 5.63. The first-order chi connectivity index (χ1) is 54.8. The number of fused-ring (bicyclic) bond motifs is 14. The molecule has 0 aliphatic heterocycles. The highest BCUT2D eigenvalue weighted by atomic mass is 16.5. The Labute approximate surface area is 651 Å². The van der Waals surface area contributed by atoms with E-state index in [0.717, 1.165) is 38.9 Å². The van der Waals surface area contributed by atoms with Gasteiger partial charge in [0, 0.05) is 123 Å². The van der Waals surface area contributed by atoms with E-state index in [-0.39, 0.29) is 131 Å². The van der Waals surface area contributed by atoms with Crippen molar-refractivity contribution in [3.63, 3.8) is 0 Å². The number of phenolic OH excluding ortho intramolecular Hbond substituents is 7. The van der Waals surface area contributed by atoms with Crippen LogP contribution in [0.5, 0.6) is 80.5 Å². The summed E-state index contributed by atoms with van der Waals surface area (Å²) in [6.45, 7) is 0.800. The first-order valence-electron chi connectivity index (χ1n) is 37.4. The fourth-order valence-electron chi connectivity index (χ4n) is 14.8. The van der Waals surface area contributed by atoms with E-state index in [1.54, 1.807) is 84.9 Å². The summed E-state index contributed by atoms with van der Waals surface area (Å²) in [4.78, 5) is 0. The molecular weight excluding hydrogens is 1400 g/mol. The summed E-state index contributed by atoms with van der Waals surface area (Å²) in [5.74, 6) is 2.31. The molecule has 14 aromatic rings. The molecule has 0 saturated carbocycles. The molecule has 1 aliphatic carbocycles. The van der Waals surface area contributed by atoms with Gasteiger partial charge in [-0.2, -0.15) is 0 Å². The zero-order valence-corrected chi connectivity index (χ0v) is 61.7. The van der Waals surface area contributed by atoms with Crippen LogP contribution < -0.4 is 33.2 Å². The number of hydrogen-bond donors (Lipinski definition) is 7. The van der Waals surface area contributed by atoms with E-state index < -0.39 is 0 Å². The van der Waals surface area contributed by atoms with E-state index >= 15 is 0 Å². The highest BCUT2D eigenvalue weighted by Gasteiger charge is 2.28. The van der Waals surface area contributed by atoms with Gasteiger partial charge in [0.25, 0.3) is 0 Å². The summed E-state index contributed by atoms with van der Waals surface area (Å²) in [7, 11) is 0. The van der Waals surface area contributed by atoms with Gasteiger partial charge in [-0.1, -0.05) is 212 Å². The zero-order chi connectivity index (χ0) is 76.7. The van der Waals surface area contributed by atoms with Crippen LogP contribution in [0.2, 0.25) is 0 Å². The minimum Gasteiger partial charge on any atom is -0.508 e. The van der Waals surface area contributed by atoms with E-state index in [2.05, 4.69) is 0 Å². The van der Waals surface area contributed by atoms with Crippen LogP contribution in [-0.2, 0) is 91.2 Å². The van der Waals surface area contributed by atoms with Crippen LogP contribution in [0.3, 0.4) is 0 Å². The van der Waals surface area contributed by atoms with Gasteiger partial charge in [-0.3, -0.25) is 0 Å². The third-order valence-corrected chi connectivity index (χ3v) is 19.8. The Morgan fingerprint density at radius 3 is 0.348 bits per heavy atom. The number of aromatic hydroxyl groups is 7. The Kier molecular flexibility index (Phi) is 22.8. The van der Waals surface area contributed by atoms with Crippen molar-refractivity contribution in [3.05, 3.63) is 414 Å². The van der Waals surface area contributed by atoms with Gasteiger partial charge in [-0.05, 0) is 124 Å². The zero-order valence-electron chi connectivity index (χ0n) is 61.7. The lowest BCUT2D eigenvalue weighted by molar-refractivity contribution is 0.292.